The van der Waals surface area contributed by atoms with Crippen molar-refractivity contribution in [2.75, 3.05) is 50.7 Å². The third kappa shape index (κ3) is 5.67. The van der Waals surface area contributed by atoms with Crippen molar-refractivity contribution >= 4 is 35.9 Å². The number of hydrogen-bond acceptors (Lipinski definition) is 5. The first-order valence-electron chi connectivity index (χ1n) is 9.44. The number of nitrogens with two attached hydrogens (primary N) is 1. The molecular weight excluding hydrogens is 441 g/mol. The molecule has 26 heavy (non-hydrogen) atoms. The molecule has 2 aliphatic heterocycles. The van der Waals surface area contributed by atoms with Crippen molar-refractivity contribution in [3.63, 3.8) is 0 Å². The van der Waals surface area contributed by atoms with Gasteiger partial charge in [-0.15, -0.1) is 24.0 Å². The molecule has 2 saturated heterocycles. The van der Waals surface area contributed by atoms with Crippen molar-refractivity contribution < 1.29 is 0 Å². The standard InChI is InChI=1S/C18H31N7.HI/c1-15-5-3-8-25(14-15)16(2)13-22-17(19)23-9-11-24(12-10-23)18-20-6-4-7-21-18;/h4,6-7,15-16H,3,5,8-14H2,1-2H3,(H2,19,22);1H. The summed E-state index contributed by atoms with van der Waals surface area (Å²) in [4.78, 5) is 20.2. The van der Waals surface area contributed by atoms with Gasteiger partial charge in [0.05, 0.1) is 6.54 Å². The van der Waals surface area contributed by atoms with Gasteiger partial charge in [-0.05, 0) is 38.3 Å². The maximum Gasteiger partial charge on any atom is 0.225 e. The Morgan fingerprint density at radius 3 is 2.58 bits per heavy atom. The van der Waals surface area contributed by atoms with Crippen LogP contribution in [-0.2, 0) is 0 Å². The minimum atomic E-state index is 0. The molecule has 146 valence electrons. The van der Waals surface area contributed by atoms with Gasteiger partial charge in [-0.25, -0.2) is 9.97 Å². The predicted molar refractivity (Wildman–Crippen MR) is 117 cm³/mol. The third-order valence-electron chi connectivity index (χ3n) is 5.27. The van der Waals surface area contributed by atoms with Crippen LogP contribution in [0.25, 0.3) is 0 Å². The number of nitrogens with zero attached hydrogens (tertiary/aromatic N) is 6. The van der Waals surface area contributed by atoms with Gasteiger partial charge in [0.2, 0.25) is 5.95 Å². The van der Waals surface area contributed by atoms with Crippen LogP contribution in [0.4, 0.5) is 5.95 Å². The fraction of sp³-hybridized carbons (Fsp3) is 0.722. The van der Waals surface area contributed by atoms with Crippen LogP contribution in [0.1, 0.15) is 26.7 Å². The lowest BCUT2D eigenvalue weighted by atomic mass is 9.99. The molecule has 1 aromatic heterocycles. The Kier molecular flexibility index (Phi) is 8.33. The second kappa shape index (κ2) is 10.2. The summed E-state index contributed by atoms with van der Waals surface area (Å²) >= 11 is 0. The van der Waals surface area contributed by atoms with Crippen LogP contribution in [-0.4, -0.2) is 77.6 Å². The lowest BCUT2D eigenvalue weighted by Crippen LogP contribution is -2.52. The lowest BCUT2D eigenvalue weighted by molar-refractivity contribution is 0.142. The van der Waals surface area contributed by atoms with Gasteiger partial charge < -0.3 is 15.5 Å². The molecule has 0 aromatic carbocycles. The number of hydrogen-bond donors (Lipinski definition) is 1. The number of aromatic nitrogens is 2. The Balaban J connectivity index is 0.00000243. The van der Waals surface area contributed by atoms with E-state index < -0.39 is 0 Å². The molecule has 2 fully saturated rings. The van der Waals surface area contributed by atoms with Crippen LogP contribution in [0.3, 0.4) is 0 Å². The Morgan fingerprint density at radius 2 is 1.92 bits per heavy atom. The van der Waals surface area contributed by atoms with E-state index in [9.17, 15) is 0 Å². The van der Waals surface area contributed by atoms with Crippen LogP contribution in [0.5, 0.6) is 0 Å². The van der Waals surface area contributed by atoms with Crippen LogP contribution in [0.2, 0.25) is 0 Å². The van der Waals surface area contributed by atoms with Gasteiger partial charge in [0.15, 0.2) is 5.96 Å². The largest absolute Gasteiger partial charge is 0.370 e. The minimum absolute atomic E-state index is 0. The molecule has 8 heteroatoms. The topological polar surface area (TPSA) is 73.9 Å². The van der Waals surface area contributed by atoms with Gasteiger partial charge in [-0.2, -0.15) is 0 Å². The van der Waals surface area contributed by atoms with Crippen LogP contribution in [0, 0.1) is 5.92 Å². The second-order valence-corrected chi connectivity index (χ2v) is 7.31. The smallest absolute Gasteiger partial charge is 0.225 e. The number of halogens is 1. The SMILES string of the molecule is CC1CCCN(C(C)CN=C(N)N2CCN(c3ncccn3)CC2)C1.I. The average molecular weight is 473 g/mol. The van der Waals surface area contributed by atoms with E-state index in [0.29, 0.717) is 12.0 Å². The number of guanidine groups is 1. The Bertz CT molecular complexity index is 560. The van der Waals surface area contributed by atoms with Crippen molar-refractivity contribution in [1.82, 2.24) is 19.8 Å². The van der Waals surface area contributed by atoms with Crippen molar-refractivity contribution in [3.8, 4) is 0 Å². The van der Waals surface area contributed by atoms with Gasteiger partial charge in [0.1, 0.15) is 0 Å². The van der Waals surface area contributed by atoms with E-state index in [1.165, 1.54) is 25.9 Å². The molecule has 0 spiro atoms. The number of piperazine rings is 1. The normalized spacial score (nSPS) is 23.5. The highest BCUT2D eigenvalue weighted by Crippen LogP contribution is 2.17. The molecule has 2 unspecified atom stereocenters. The number of anilines is 1. The van der Waals surface area contributed by atoms with Crippen LogP contribution < -0.4 is 10.6 Å². The Morgan fingerprint density at radius 1 is 1.23 bits per heavy atom. The summed E-state index contributed by atoms with van der Waals surface area (Å²) in [6.45, 7) is 11.2. The van der Waals surface area contributed by atoms with Crippen LogP contribution >= 0.6 is 24.0 Å². The first-order valence-corrected chi connectivity index (χ1v) is 9.44. The molecule has 2 aliphatic rings. The molecule has 0 amide bonds. The van der Waals surface area contributed by atoms with Crippen molar-refractivity contribution in [1.29, 1.82) is 0 Å². The highest BCUT2D eigenvalue weighted by Gasteiger charge is 2.22. The van der Waals surface area contributed by atoms with Crippen LogP contribution in [0.15, 0.2) is 23.5 Å². The molecule has 2 N–H and O–H groups in total. The maximum absolute atomic E-state index is 6.25. The summed E-state index contributed by atoms with van der Waals surface area (Å²) in [7, 11) is 0. The fourth-order valence-electron chi connectivity index (χ4n) is 3.66. The van der Waals surface area contributed by atoms with Gasteiger partial charge >= 0.3 is 0 Å². The number of likely N-dealkylation sites (tertiary alicyclic amines) is 1. The van der Waals surface area contributed by atoms with Crippen molar-refractivity contribution in [2.45, 2.75) is 32.7 Å². The predicted octanol–water partition coefficient (Wildman–Crippen LogP) is 1.65. The van der Waals surface area contributed by atoms with E-state index >= 15 is 0 Å². The molecule has 0 radical (unpaired) electrons. The summed E-state index contributed by atoms with van der Waals surface area (Å²) in [5, 5.41) is 0. The Hall–Kier alpha value is -1.16. The zero-order valence-electron chi connectivity index (χ0n) is 15.9. The first kappa shape index (κ1) is 21.1. The zero-order valence-corrected chi connectivity index (χ0v) is 18.2. The number of piperidine rings is 1. The van der Waals surface area contributed by atoms with Gasteiger partial charge in [0, 0.05) is 51.2 Å². The van der Waals surface area contributed by atoms with Gasteiger partial charge in [0.25, 0.3) is 0 Å². The minimum Gasteiger partial charge on any atom is -0.370 e. The van der Waals surface area contributed by atoms with E-state index in [4.69, 9.17) is 5.73 Å². The summed E-state index contributed by atoms with van der Waals surface area (Å²) in [5.74, 6) is 2.27. The molecule has 3 rings (SSSR count). The molecule has 1 aromatic rings. The molecule has 2 atom stereocenters. The highest BCUT2D eigenvalue weighted by molar-refractivity contribution is 14.0. The fourth-order valence-corrected chi connectivity index (χ4v) is 3.66. The average Bonchev–Trinajstić information content (AvgIpc) is 2.66. The van der Waals surface area contributed by atoms with Crippen molar-refractivity contribution in [2.24, 2.45) is 16.6 Å². The highest BCUT2D eigenvalue weighted by atomic mass is 127. The summed E-state index contributed by atoms with van der Waals surface area (Å²) in [6.07, 6.45) is 6.22. The van der Waals surface area contributed by atoms with E-state index in [1.807, 2.05) is 6.07 Å². The summed E-state index contributed by atoms with van der Waals surface area (Å²) in [6, 6.07) is 2.30. The van der Waals surface area contributed by atoms with E-state index in [2.05, 4.69) is 43.5 Å². The molecule has 0 saturated carbocycles. The van der Waals surface area contributed by atoms with Crippen molar-refractivity contribution in [3.05, 3.63) is 18.5 Å². The molecule has 0 aliphatic carbocycles. The summed E-state index contributed by atoms with van der Waals surface area (Å²) < 4.78 is 0. The molecule has 0 bridgehead atoms. The second-order valence-electron chi connectivity index (χ2n) is 7.31. The lowest BCUT2D eigenvalue weighted by Gasteiger charge is -2.36. The monoisotopic (exact) mass is 473 g/mol. The van der Waals surface area contributed by atoms with Gasteiger partial charge in [-0.1, -0.05) is 6.92 Å². The first-order chi connectivity index (χ1) is 12.1. The van der Waals surface area contributed by atoms with Gasteiger partial charge in [-0.3, -0.25) is 9.89 Å². The number of aliphatic imine (C=N–C) groups is 1. The summed E-state index contributed by atoms with van der Waals surface area (Å²) in [5.41, 5.74) is 6.25. The quantitative estimate of drug-likeness (QED) is 0.408. The van der Waals surface area contributed by atoms with E-state index in [1.54, 1.807) is 12.4 Å². The Labute approximate surface area is 174 Å². The number of rotatable bonds is 4. The van der Waals surface area contributed by atoms with E-state index in [-0.39, 0.29) is 24.0 Å². The third-order valence-corrected chi connectivity index (χ3v) is 5.27. The molecular formula is C18H32IN7. The molecule has 3 heterocycles. The maximum atomic E-state index is 6.25. The van der Waals surface area contributed by atoms with E-state index in [0.717, 1.165) is 44.6 Å². The zero-order chi connectivity index (χ0) is 17.6. The molecule has 7 nitrogen and oxygen atoms in total.